The van der Waals surface area contributed by atoms with E-state index in [2.05, 4.69) is 5.32 Å². The van der Waals surface area contributed by atoms with Gasteiger partial charge in [0.1, 0.15) is 0 Å². The van der Waals surface area contributed by atoms with Crippen LogP contribution in [0.3, 0.4) is 0 Å². The van der Waals surface area contributed by atoms with Crippen molar-refractivity contribution in [1.29, 1.82) is 0 Å². The predicted molar refractivity (Wildman–Crippen MR) is 86.9 cm³/mol. The molecule has 1 aromatic carbocycles. The number of halogens is 3. The van der Waals surface area contributed by atoms with E-state index in [1.165, 1.54) is 13.0 Å². The first kappa shape index (κ1) is 18.6. The Hall–Kier alpha value is -0.490. The number of anilines is 1. The van der Waals surface area contributed by atoms with Crippen LogP contribution < -0.4 is 5.32 Å². The van der Waals surface area contributed by atoms with Crippen molar-refractivity contribution in [3.05, 3.63) is 21.7 Å². The van der Waals surface area contributed by atoms with E-state index < -0.39 is 9.05 Å². The summed E-state index contributed by atoms with van der Waals surface area (Å²) in [5, 5.41) is 2.72. The van der Waals surface area contributed by atoms with Gasteiger partial charge in [0.05, 0.1) is 20.6 Å². The molecule has 4 nitrogen and oxygen atoms in total. The van der Waals surface area contributed by atoms with Crippen molar-refractivity contribution in [1.82, 2.24) is 0 Å². The Labute approximate surface area is 139 Å². The number of carbonyl (C=O) groups is 1. The van der Waals surface area contributed by atoms with Crippen LogP contribution in [0.4, 0.5) is 5.69 Å². The Morgan fingerprint density at radius 3 is 2.19 bits per heavy atom. The van der Waals surface area contributed by atoms with Crippen molar-refractivity contribution in [2.24, 2.45) is 11.8 Å². The molecule has 0 heterocycles. The van der Waals surface area contributed by atoms with Gasteiger partial charge in [-0.1, -0.05) is 44.0 Å². The van der Waals surface area contributed by atoms with Crippen LogP contribution in [-0.4, -0.2) is 14.3 Å². The molecule has 0 bridgehead atoms. The highest BCUT2D eigenvalue weighted by Gasteiger charge is 2.23. The molecule has 1 atom stereocenters. The quantitative estimate of drug-likeness (QED) is 0.794. The van der Waals surface area contributed by atoms with Gasteiger partial charge < -0.3 is 5.32 Å². The average Bonchev–Trinajstić information content (AvgIpc) is 2.36. The van der Waals surface area contributed by atoms with Gasteiger partial charge in [-0.2, -0.15) is 0 Å². The van der Waals surface area contributed by atoms with E-state index >= 15 is 0 Å². The summed E-state index contributed by atoms with van der Waals surface area (Å²) in [7, 11) is 1.36. The summed E-state index contributed by atoms with van der Waals surface area (Å²) in [6, 6.07) is 1.18. The first-order chi connectivity index (χ1) is 9.46. The molecular weight excluding hydrogens is 357 g/mol. The Morgan fingerprint density at radius 1 is 1.24 bits per heavy atom. The summed E-state index contributed by atoms with van der Waals surface area (Å²) >= 11 is 12.1. The maximum absolute atomic E-state index is 12.1. The lowest BCUT2D eigenvalue weighted by molar-refractivity contribution is -0.120. The van der Waals surface area contributed by atoms with E-state index in [0.717, 1.165) is 0 Å². The van der Waals surface area contributed by atoms with Crippen LogP contribution >= 0.6 is 33.9 Å². The Morgan fingerprint density at radius 2 is 1.76 bits per heavy atom. The number of nitrogens with one attached hydrogen (secondary N) is 1. The molecule has 0 saturated carbocycles. The fourth-order valence-electron chi connectivity index (χ4n) is 1.60. The summed E-state index contributed by atoms with van der Waals surface area (Å²) in [5.74, 6) is -0.338. The molecule has 0 aliphatic heterocycles. The predicted octanol–water partition coefficient (Wildman–Crippen LogP) is 4.46. The summed E-state index contributed by atoms with van der Waals surface area (Å²) in [4.78, 5) is 11.9. The highest BCUT2D eigenvalue weighted by atomic mass is 35.7. The second kappa shape index (κ2) is 6.73. The van der Waals surface area contributed by atoms with Gasteiger partial charge in [-0.15, -0.1) is 0 Å². The van der Waals surface area contributed by atoms with Crippen molar-refractivity contribution in [2.75, 3.05) is 5.32 Å². The number of benzene rings is 1. The van der Waals surface area contributed by atoms with E-state index in [4.69, 9.17) is 33.9 Å². The lowest BCUT2D eigenvalue weighted by Crippen LogP contribution is -2.24. The van der Waals surface area contributed by atoms with Crippen LogP contribution in [0.5, 0.6) is 0 Å². The summed E-state index contributed by atoms with van der Waals surface area (Å²) < 4.78 is 22.9. The van der Waals surface area contributed by atoms with Crippen LogP contribution in [0.25, 0.3) is 0 Å². The van der Waals surface area contributed by atoms with Crippen LogP contribution in [-0.2, 0) is 13.8 Å². The highest BCUT2D eigenvalue weighted by Crippen LogP contribution is 2.38. The Bertz CT molecular complexity index is 672. The normalized spacial score (nSPS) is 13.3. The molecule has 0 fully saturated rings. The van der Waals surface area contributed by atoms with Crippen molar-refractivity contribution < 1.29 is 13.2 Å². The maximum atomic E-state index is 12.1. The molecule has 21 heavy (non-hydrogen) atoms. The van der Waals surface area contributed by atoms with Gasteiger partial charge in [-0.05, 0) is 24.5 Å². The molecule has 0 aliphatic rings. The maximum Gasteiger partial charge on any atom is 0.261 e. The van der Waals surface area contributed by atoms with E-state index in [9.17, 15) is 13.2 Å². The van der Waals surface area contributed by atoms with Crippen molar-refractivity contribution in [3.8, 4) is 0 Å². The fourth-order valence-corrected chi connectivity index (χ4v) is 3.48. The van der Waals surface area contributed by atoms with Crippen molar-refractivity contribution in [2.45, 2.75) is 32.6 Å². The largest absolute Gasteiger partial charge is 0.323 e. The lowest BCUT2D eigenvalue weighted by Gasteiger charge is -2.18. The second-order valence-corrected chi connectivity index (χ2v) is 8.45. The van der Waals surface area contributed by atoms with Crippen LogP contribution in [0, 0.1) is 18.8 Å². The summed E-state index contributed by atoms with van der Waals surface area (Å²) in [5.41, 5.74) is 0.431. The summed E-state index contributed by atoms with van der Waals surface area (Å²) in [6.07, 6.45) is 0. The number of hydrogen-bond acceptors (Lipinski definition) is 3. The van der Waals surface area contributed by atoms with Crippen molar-refractivity contribution >= 4 is 54.5 Å². The summed E-state index contributed by atoms with van der Waals surface area (Å²) in [6.45, 7) is 7.12. The number of carbonyl (C=O) groups excluding carboxylic acids is 1. The Kier molecular flexibility index (Phi) is 5.95. The third kappa shape index (κ3) is 4.25. The molecule has 1 amide bonds. The zero-order chi connectivity index (χ0) is 16.5. The van der Waals surface area contributed by atoms with Gasteiger partial charge in [0, 0.05) is 16.6 Å². The molecule has 0 aliphatic carbocycles. The van der Waals surface area contributed by atoms with E-state index in [0.29, 0.717) is 0 Å². The van der Waals surface area contributed by atoms with Gasteiger partial charge >= 0.3 is 0 Å². The zero-order valence-corrected chi connectivity index (χ0v) is 15.1. The minimum absolute atomic E-state index is 0.0223. The third-order valence-corrected chi connectivity index (χ3v) is 5.56. The van der Waals surface area contributed by atoms with Gasteiger partial charge in [0.15, 0.2) is 0 Å². The molecule has 8 heteroatoms. The number of rotatable bonds is 4. The first-order valence-electron chi connectivity index (χ1n) is 6.21. The molecule has 118 valence electrons. The van der Waals surface area contributed by atoms with E-state index in [-0.39, 0.29) is 43.9 Å². The molecule has 1 rings (SSSR count). The van der Waals surface area contributed by atoms with E-state index in [1.54, 1.807) is 6.92 Å². The minimum atomic E-state index is -3.96. The lowest BCUT2D eigenvalue weighted by atomic mass is 9.97. The van der Waals surface area contributed by atoms with Crippen LogP contribution in [0.1, 0.15) is 26.3 Å². The molecule has 0 radical (unpaired) electrons. The molecule has 0 aromatic heterocycles. The first-order valence-corrected chi connectivity index (χ1v) is 9.27. The minimum Gasteiger partial charge on any atom is -0.323 e. The van der Waals surface area contributed by atoms with Gasteiger partial charge in [-0.3, -0.25) is 4.79 Å². The average molecular weight is 373 g/mol. The zero-order valence-electron chi connectivity index (χ0n) is 12.0. The second-order valence-electron chi connectivity index (χ2n) is 5.13. The highest BCUT2D eigenvalue weighted by molar-refractivity contribution is 8.13. The van der Waals surface area contributed by atoms with Crippen LogP contribution in [0.15, 0.2) is 11.0 Å². The fraction of sp³-hybridized carbons (Fsp3) is 0.462. The van der Waals surface area contributed by atoms with Gasteiger partial charge in [0.25, 0.3) is 9.05 Å². The molecule has 0 saturated heterocycles. The van der Waals surface area contributed by atoms with Gasteiger partial charge in [0.2, 0.25) is 5.91 Å². The SMILES string of the molecule is Cc1c(S(=O)(=O)Cl)cc(Cl)c(NC(=O)C(C)C(C)C)c1Cl. The standard InChI is InChI=1S/C13H16Cl3NO3S/c1-6(2)7(3)13(18)17-12-9(14)5-10(21(16,19)20)8(4)11(12)15/h5-7H,1-4H3,(H,17,18). The van der Waals surface area contributed by atoms with E-state index in [1.807, 2.05) is 13.8 Å². The smallest absolute Gasteiger partial charge is 0.261 e. The van der Waals surface area contributed by atoms with Crippen LogP contribution in [0.2, 0.25) is 10.0 Å². The molecule has 1 N–H and O–H groups in total. The topological polar surface area (TPSA) is 63.2 Å². The number of hydrogen-bond donors (Lipinski definition) is 1. The molecular formula is C13H16Cl3NO3S. The molecule has 1 aromatic rings. The Balaban J connectivity index is 3.29. The van der Waals surface area contributed by atoms with Gasteiger partial charge in [-0.25, -0.2) is 8.42 Å². The third-order valence-electron chi connectivity index (χ3n) is 3.34. The monoisotopic (exact) mass is 371 g/mol. The number of amides is 1. The molecule has 0 spiro atoms. The molecule has 1 unspecified atom stereocenters. The van der Waals surface area contributed by atoms with Crippen molar-refractivity contribution in [3.63, 3.8) is 0 Å².